The SMILES string of the molecule is COCCOc1ccc(C2CCN(C3=Nn4c(nnc4C(F)(F)F)CC3)CC2)cc1. The normalized spacial score (nSPS) is 17.6. The number of aromatic nitrogens is 3. The van der Waals surface area contributed by atoms with Gasteiger partial charge in [-0.1, -0.05) is 12.1 Å². The van der Waals surface area contributed by atoms with Gasteiger partial charge in [0.15, 0.2) is 5.82 Å². The van der Waals surface area contributed by atoms with Crippen LogP contribution < -0.4 is 4.74 Å². The Morgan fingerprint density at radius 2 is 1.77 bits per heavy atom. The summed E-state index contributed by atoms with van der Waals surface area (Å²) in [6, 6.07) is 8.10. The first-order valence-corrected chi connectivity index (χ1v) is 10.0. The molecule has 0 amide bonds. The van der Waals surface area contributed by atoms with E-state index in [0.29, 0.717) is 37.8 Å². The van der Waals surface area contributed by atoms with Crippen molar-refractivity contribution in [1.29, 1.82) is 0 Å². The number of likely N-dealkylation sites (tertiary alicyclic amines) is 1. The second-order valence-corrected chi connectivity index (χ2v) is 7.44. The van der Waals surface area contributed by atoms with E-state index in [0.717, 1.165) is 36.4 Å². The largest absolute Gasteiger partial charge is 0.491 e. The van der Waals surface area contributed by atoms with Crippen molar-refractivity contribution in [3.05, 3.63) is 41.5 Å². The van der Waals surface area contributed by atoms with E-state index in [4.69, 9.17) is 9.47 Å². The van der Waals surface area contributed by atoms with Crippen molar-refractivity contribution in [1.82, 2.24) is 19.8 Å². The quantitative estimate of drug-likeness (QED) is 0.691. The van der Waals surface area contributed by atoms with Gasteiger partial charge in [0.2, 0.25) is 0 Å². The lowest BCUT2D eigenvalue weighted by molar-refractivity contribution is -0.147. The fourth-order valence-corrected chi connectivity index (χ4v) is 3.91. The zero-order valence-corrected chi connectivity index (χ0v) is 16.7. The van der Waals surface area contributed by atoms with Crippen molar-refractivity contribution in [2.24, 2.45) is 5.10 Å². The Labute approximate surface area is 172 Å². The first-order valence-electron chi connectivity index (χ1n) is 10.0. The summed E-state index contributed by atoms with van der Waals surface area (Å²) in [4.78, 5) is 2.09. The maximum atomic E-state index is 13.1. The Morgan fingerprint density at radius 1 is 1.03 bits per heavy atom. The average molecular weight is 423 g/mol. The zero-order chi connectivity index (χ0) is 21.1. The molecule has 7 nitrogen and oxygen atoms in total. The highest BCUT2D eigenvalue weighted by Gasteiger charge is 2.40. The number of alkyl halides is 3. The highest BCUT2D eigenvalue weighted by Crippen LogP contribution is 2.32. The van der Waals surface area contributed by atoms with E-state index in [1.54, 1.807) is 7.11 Å². The van der Waals surface area contributed by atoms with Crippen LogP contribution in [0, 0.1) is 0 Å². The van der Waals surface area contributed by atoms with Gasteiger partial charge in [-0.2, -0.15) is 22.9 Å². The van der Waals surface area contributed by atoms with E-state index in [1.165, 1.54) is 5.56 Å². The summed E-state index contributed by atoms with van der Waals surface area (Å²) in [6.07, 6.45) is -1.74. The average Bonchev–Trinajstić information content (AvgIpc) is 3.18. The van der Waals surface area contributed by atoms with Gasteiger partial charge < -0.3 is 14.4 Å². The third kappa shape index (κ3) is 4.43. The van der Waals surface area contributed by atoms with Crippen LogP contribution in [0.5, 0.6) is 5.75 Å². The van der Waals surface area contributed by atoms with Crippen molar-refractivity contribution >= 4 is 5.84 Å². The number of benzene rings is 1. The summed E-state index contributed by atoms with van der Waals surface area (Å²) in [5, 5.41) is 11.1. The number of amidine groups is 1. The monoisotopic (exact) mass is 423 g/mol. The molecule has 2 aromatic rings. The first kappa shape index (κ1) is 20.6. The fourth-order valence-electron chi connectivity index (χ4n) is 3.91. The number of nitrogens with zero attached hydrogens (tertiary/aromatic N) is 5. The van der Waals surface area contributed by atoms with Crippen LogP contribution in [-0.4, -0.2) is 59.0 Å². The number of rotatable bonds is 5. The summed E-state index contributed by atoms with van der Waals surface area (Å²) >= 11 is 0. The fraction of sp³-hybridized carbons (Fsp3) is 0.550. The van der Waals surface area contributed by atoms with Gasteiger partial charge in [0.05, 0.1) is 6.61 Å². The van der Waals surface area contributed by atoms with E-state index in [-0.39, 0.29) is 5.82 Å². The lowest BCUT2D eigenvalue weighted by Gasteiger charge is -2.35. The molecule has 1 saturated heterocycles. The number of hydrogen-bond donors (Lipinski definition) is 0. The molecular weight excluding hydrogens is 399 g/mol. The molecular formula is C20H24F3N5O2. The standard InChI is InChI=1S/C20H24F3N5O2/c1-29-12-13-30-16-4-2-14(3-5-16)15-8-10-27(11-9-15)18-7-6-17-24-25-19(20(21,22)23)28(17)26-18/h2-5,15H,6-13H2,1H3. The maximum absolute atomic E-state index is 13.1. The van der Waals surface area contributed by atoms with Gasteiger partial charge in [0, 0.05) is 33.0 Å². The van der Waals surface area contributed by atoms with E-state index >= 15 is 0 Å². The molecule has 1 fully saturated rings. The summed E-state index contributed by atoms with van der Waals surface area (Å²) in [5.41, 5.74) is 1.25. The number of hydrogen-bond acceptors (Lipinski definition) is 6. The highest BCUT2D eigenvalue weighted by molar-refractivity contribution is 5.83. The lowest BCUT2D eigenvalue weighted by atomic mass is 9.89. The van der Waals surface area contributed by atoms with E-state index in [1.807, 2.05) is 12.1 Å². The van der Waals surface area contributed by atoms with Crippen LogP contribution >= 0.6 is 0 Å². The van der Waals surface area contributed by atoms with Crippen LogP contribution in [0.25, 0.3) is 0 Å². The minimum Gasteiger partial charge on any atom is -0.491 e. The molecule has 1 aromatic carbocycles. The van der Waals surface area contributed by atoms with Gasteiger partial charge in [-0.25, -0.2) is 0 Å². The van der Waals surface area contributed by atoms with Crippen molar-refractivity contribution in [2.75, 3.05) is 33.4 Å². The topological polar surface area (TPSA) is 64.8 Å². The number of ether oxygens (including phenoxy) is 2. The molecule has 0 N–H and O–H groups in total. The molecule has 3 heterocycles. The third-order valence-electron chi connectivity index (χ3n) is 5.51. The van der Waals surface area contributed by atoms with Crippen LogP contribution in [0.1, 0.15) is 42.4 Å². The first-order chi connectivity index (χ1) is 14.5. The molecule has 0 bridgehead atoms. The van der Waals surface area contributed by atoms with E-state index < -0.39 is 12.0 Å². The molecule has 0 unspecified atom stereocenters. The number of methoxy groups -OCH3 is 1. The molecule has 0 saturated carbocycles. The second-order valence-electron chi connectivity index (χ2n) is 7.44. The molecule has 10 heteroatoms. The minimum absolute atomic E-state index is 0.258. The van der Waals surface area contributed by atoms with E-state index in [2.05, 4.69) is 32.3 Å². The number of piperidine rings is 1. The van der Waals surface area contributed by atoms with Crippen molar-refractivity contribution in [3.63, 3.8) is 0 Å². The van der Waals surface area contributed by atoms with Crippen molar-refractivity contribution in [3.8, 4) is 5.75 Å². The maximum Gasteiger partial charge on any atom is 0.453 e. The predicted octanol–water partition coefficient (Wildman–Crippen LogP) is 3.31. The molecule has 0 radical (unpaired) electrons. The Hall–Kier alpha value is -2.62. The predicted molar refractivity (Wildman–Crippen MR) is 104 cm³/mol. The van der Waals surface area contributed by atoms with Gasteiger partial charge >= 0.3 is 6.18 Å². The van der Waals surface area contributed by atoms with Crippen LogP contribution in [0.15, 0.2) is 29.4 Å². The Kier molecular flexibility index (Phi) is 5.94. The molecule has 162 valence electrons. The summed E-state index contributed by atoms with van der Waals surface area (Å²) in [7, 11) is 1.64. The number of aryl methyl sites for hydroxylation is 1. The molecule has 0 aliphatic carbocycles. The molecule has 30 heavy (non-hydrogen) atoms. The molecule has 1 aromatic heterocycles. The molecule has 0 atom stereocenters. The highest BCUT2D eigenvalue weighted by atomic mass is 19.4. The van der Waals surface area contributed by atoms with Crippen LogP contribution in [0.2, 0.25) is 0 Å². The van der Waals surface area contributed by atoms with Crippen molar-refractivity contribution in [2.45, 2.75) is 37.8 Å². The molecule has 2 aliphatic rings. The Morgan fingerprint density at radius 3 is 2.43 bits per heavy atom. The van der Waals surface area contributed by atoms with E-state index in [9.17, 15) is 13.2 Å². The molecule has 4 rings (SSSR count). The summed E-state index contributed by atoms with van der Waals surface area (Å²) < 4.78 is 50.8. The number of fused-ring (bicyclic) bond motifs is 1. The minimum atomic E-state index is -4.57. The van der Waals surface area contributed by atoms with Crippen molar-refractivity contribution < 1.29 is 22.6 Å². The van der Waals surface area contributed by atoms with Crippen LogP contribution in [0.4, 0.5) is 13.2 Å². The second kappa shape index (κ2) is 8.63. The van der Waals surface area contributed by atoms with Crippen LogP contribution in [-0.2, 0) is 17.3 Å². The Balaban J connectivity index is 1.38. The van der Waals surface area contributed by atoms with Gasteiger partial charge in [-0.3, -0.25) is 0 Å². The summed E-state index contributed by atoms with van der Waals surface area (Å²) in [6.45, 7) is 2.58. The van der Waals surface area contributed by atoms with Gasteiger partial charge in [-0.15, -0.1) is 10.2 Å². The van der Waals surface area contributed by atoms with Crippen LogP contribution in [0.3, 0.4) is 0 Å². The third-order valence-corrected chi connectivity index (χ3v) is 5.51. The number of halogens is 3. The summed E-state index contributed by atoms with van der Waals surface area (Å²) in [5.74, 6) is 1.10. The zero-order valence-electron chi connectivity index (χ0n) is 16.7. The lowest BCUT2D eigenvalue weighted by Crippen LogP contribution is -2.40. The molecule has 0 spiro atoms. The Bertz CT molecular complexity index is 887. The molecule has 2 aliphatic heterocycles. The smallest absolute Gasteiger partial charge is 0.453 e. The van der Waals surface area contributed by atoms with Gasteiger partial charge in [0.25, 0.3) is 5.82 Å². The van der Waals surface area contributed by atoms with Gasteiger partial charge in [0.1, 0.15) is 18.2 Å². The van der Waals surface area contributed by atoms with Gasteiger partial charge in [-0.05, 0) is 36.5 Å².